The lowest BCUT2D eigenvalue weighted by Gasteiger charge is -2.51. The molecule has 124 valence electrons. The Hall–Kier alpha value is -1.59. The number of likely N-dealkylation sites (tertiary alicyclic amines) is 1. The van der Waals surface area contributed by atoms with Crippen LogP contribution in [0.3, 0.4) is 0 Å². The number of piperidine rings is 3. The molecule has 4 aliphatic rings. The van der Waals surface area contributed by atoms with E-state index >= 15 is 0 Å². The molecule has 1 aromatic rings. The molecular weight excluding hydrogens is 292 g/mol. The monoisotopic (exact) mass is 316 g/mol. The molecule has 5 heteroatoms. The van der Waals surface area contributed by atoms with Gasteiger partial charge in [0.15, 0.2) is 0 Å². The van der Waals surface area contributed by atoms with Gasteiger partial charge in [-0.3, -0.25) is 9.69 Å². The van der Waals surface area contributed by atoms with Gasteiger partial charge >= 0.3 is 0 Å². The van der Waals surface area contributed by atoms with Gasteiger partial charge in [0.2, 0.25) is 5.91 Å². The van der Waals surface area contributed by atoms with E-state index < -0.39 is 0 Å². The van der Waals surface area contributed by atoms with Crippen LogP contribution in [-0.2, 0) is 4.79 Å². The molecule has 4 aliphatic heterocycles. The van der Waals surface area contributed by atoms with Crippen LogP contribution in [0.15, 0.2) is 24.3 Å². The third kappa shape index (κ3) is 2.34. The van der Waals surface area contributed by atoms with Gasteiger partial charge in [-0.15, -0.1) is 0 Å². The Morgan fingerprint density at radius 2 is 2.09 bits per heavy atom. The first kappa shape index (κ1) is 15.0. The zero-order chi connectivity index (χ0) is 16.0. The summed E-state index contributed by atoms with van der Waals surface area (Å²) in [4.78, 5) is 16.8. The minimum absolute atomic E-state index is 0.126. The Morgan fingerprint density at radius 3 is 2.78 bits per heavy atom. The number of fused-ring (bicyclic) bond motifs is 2. The SMILES string of the molecule is COc1cccc([C@@H]2CN(C(=O)CO)[C@H]3C4CCN(CC4)[C@@H]23)c1. The summed E-state index contributed by atoms with van der Waals surface area (Å²) in [5.41, 5.74) is 1.24. The van der Waals surface area contributed by atoms with E-state index in [1.807, 2.05) is 17.0 Å². The number of nitrogens with zero attached hydrogens (tertiary/aromatic N) is 2. The molecule has 0 aromatic heterocycles. The highest BCUT2D eigenvalue weighted by Crippen LogP contribution is 2.46. The maximum absolute atomic E-state index is 12.3. The largest absolute Gasteiger partial charge is 0.497 e. The fourth-order valence-corrected chi connectivity index (χ4v) is 4.96. The quantitative estimate of drug-likeness (QED) is 0.906. The number of benzene rings is 1. The zero-order valence-corrected chi connectivity index (χ0v) is 13.5. The van der Waals surface area contributed by atoms with E-state index in [0.717, 1.165) is 18.8 Å². The molecule has 5 rings (SSSR count). The van der Waals surface area contributed by atoms with E-state index in [0.29, 0.717) is 24.4 Å². The fourth-order valence-electron chi connectivity index (χ4n) is 4.96. The fraction of sp³-hybridized carbons (Fsp3) is 0.611. The molecule has 0 unspecified atom stereocenters. The Labute approximate surface area is 136 Å². The Bertz CT molecular complexity index is 598. The average molecular weight is 316 g/mol. The summed E-state index contributed by atoms with van der Waals surface area (Å²) in [6.07, 6.45) is 2.34. The van der Waals surface area contributed by atoms with Crippen LogP contribution >= 0.6 is 0 Å². The van der Waals surface area contributed by atoms with Gasteiger partial charge < -0.3 is 14.7 Å². The molecule has 2 bridgehead atoms. The van der Waals surface area contributed by atoms with Crippen molar-refractivity contribution in [1.82, 2.24) is 9.80 Å². The minimum Gasteiger partial charge on any atom is -0.497 e. The van der Waals surface area contributed by atoms with Gasteiger partial charge in [0.25, 0.3) is 0 Å². The maximum atomic E-state index is 12.3. The van der Waals surface area contributed by atoms with E-state index in [1.54, 1.807) is 7.11 Å². The Kier molecular flexibility index (Phi) is 3.77. The first-order chi connectivity index (χ1) is 11.2. The van der Waals surface area contributed by atoms with Crippen molar-refractivity contribution in [2.45, 2.75) is 30.8 Å². The van der Waals surface area contributed by atoms with Crippen molar-refractivity contribution in [1.29, 1.82) is 0 Å². The predicted molar refractivity (Wildman–Crippen MR) is 86.4 cm³/mol. The van der Waals surface area contributed by atoms with Crippen molar-refractivity contribution in [2.75, 3.05) is 33.4 Å². The molecule has 1 N–H and O–H groups in total. The van der Waals surface area contributed by atoms with Crippen LogP contribution in [0, 0.1) is 5.92 Å². The molecule has 3 atom stereocenters. The van der Waals surface area contributed by atoms with E-state index in [-0.39, 0.29) is 18.6 Å². The van der Waals surface area contributed by atoms with Crippen molar-refractivity contribution >= 4 is 5.91 Å². The van der Waals surface area contributed by atoms with Gasteiger partial charge in [-0.25, -0.2) is 0 Å². The van der Waals surface area contributed by atoms with Crippen molar-refractivity contribution in [3.8, 4) is 5.75 Å². The summed E-state index contributed by atoms with van der Waals surface area (Å²) >= 11 is 0. The third-order valence-corrected chi connectivity index (χ3v) is 5.97. The van der Waals surface area contributed by atoms with Crippen molar-refractivity contribution < 1.29 is 14.6 Å². The highest BCUT2D eigenvalue weighted by atomic mass is 16.5. The lowest BCUT2D eigenvalue weighted by molar-refractivity contribution is -0.138. The van der Waals surface area contributed by atoms with Gasteiger partial charge in [0.05, 0.1) is 13.2 Å². The van der Waals surface area contributed by atoms with Crippen LogP contribution in [0.1, 0.15) is 24.3 Å². The van der Waals surface area contributed by atoms with Crippen molar-refractivity contribution in [3.05, 3.63) is 29.8 Å². The summed E-state index contributed by atoms with van der Waals surface area (Å²) in [6.45, 7) is 2.58. The number of rotatable bonds is 3. The number of aliphatic hydroxyl groups is 1. The molecule has 4 heterocycles. The molecule has 0 aliphatic carbocycles. The van der Waals surface area contributed by atoms with Crippen molar-refractivity contribution in [2.24, 2.45) is 5.92 Å². The third-order valence-electron chi connectivity index (χ3n) is 5.97. The molecule has 4 saturated heterocycles. The number of hydrogen-bond donors (Lipinski definition) is 1. The van der Waals surface area contributed by atoms with Crippen LogP contribution in [0.2, 0.25) is 0 Å². The van der Waals surface area contributed by atoms with Crippen LogP contribution in [0.5, 0.6) is 5.75 Å². The number of aliphatic hydroxyl groups excluding tert-OH is 1. The smallest absolute Gasteiger partial charge is 0.248 e. The molecule has 0 spiro atoms. The second-order valence-corrected chi connectivity index (χ2v) is 6.94. The molecule has 4 fully saturated rings. The van der Waals surface area contributed by atoms with E-state index in [4.69, 9.17) is 4.74 Å². The molecule has 1 aromatic carbocycles. The highest BCUT2D eigenvalue weighted by molar-refractivity contribution is 5.78. The summed E-state index contributed by atoms with van der Waals surface area (Å²) in [7, 11) is 1.68. The van der Waals surface area contributed by atoms with Crippen LogP contribution < -0.4 is 4.74 Å². The summed E-state index contributed by atoms with van der Waals surface area (Å²) in [6, 6.07) is 8.85. The van der Waals surface area contributed by atoms with Crippen molar-refractivity contribution in [3.63, 3.8) is 0 Å². The average Bonchev–Trinajstić information content (AvgIpc) is 3.05. The van der Waals surface area contributed by atoms with E-state index in [2.05, 4.69) is 17.0 Å². The number of ether oxygens (including phenoxy) is 1. The van der Waals surface area contributed by atoms with Crippen LogP contribution in [-0.4, -0.2) is 66.2 Å². The molecule has 5 nitrogen and oxygen atoms in total. The molecule has 1 amide bonds. The summed E-state index contributed by atoms with van der Waals surface area (Å²) in [5, 5.41) is 9.37. The number of amides is 1. The maximum Gasteiger partial charge on any atom is 0.248 e. The number of hydrogen-bond acceptors (Lipinski definition) is 4. The minimum atomic E-state index is -0.388. The second kappa shape index (κ2) is 5.80. The summed E-state index contributed by atoms with van der Waals surface area (Å²) in [5.74, 6) is 1.62. The molecular formula is C18H24N2O3. The lowest BCUT2D eigenvalue weighted by atomic mass is 9.75. The number of carbonyl (C=O) groups excluding carboxylic acids is 1. The molecule has 23 heavy (non-hydrogen) atoms. The van der Waals surface area contributed by atoms with Crippen LogP contribution in [0.25, 0.3) is 0 Å². The van der Waals surface area contributed by atoms with Gasteiger partial charge in [-0.1, -0.05) is 12.1 Å². The second-order valence-electron chi connectivity index (χ2n) is 6.94. The molecule has 0 radical (unpaired) electrons. The first-order valence-corrected chi connectivity index (χ1v) is 8.51. The number of carbonyl (C=O) groups is 1. The first-order valence-electron chi connectivity index (χ1n) is 8.51. The normalized spacial score (nSPS) is 35.2. The zero-order valence-electron chi connectivity index (χ0n) is 13.5. The standard InChI is InChI=1S/C18H24N2O3/c1-23-14-4-2-3-13(9-14)15-10-20(16(22)11-21)17-12-5-7-19(8-6-12)18(15)17/h2-4,9,12,15,17-18,21H,5-8,10-11H2,1H3/t15-,17-,18-/m0/s1. The lowest BCUT2D eigenvalue weighted by Crippen LogP contribution is -2.61. The van der Waals surface area contributed by atoms with Gasteiger partial charge in [0, 0.05) is 18.5 Å². The highest BCUT2D eigenvalue weighted by Gasteiger charge is 2.54. The summed E-state index contributed by atoms with van der Waals surface area (Å²) < 4.78 is 5.37. The van der Waals surface area contributed by atoms with Gasteiger partial charge in [0.1, 0.15) is 12.4 Å². The number of methoxy groups -OCH3 is 1. The van der Waals surface area contributed by atoms with Crippen LogP contribution in [0.4, 0.5) is 0 Å². The molecule has 0 saturated carbocycles. The van der Waals surface area contributed by atoms with Gasteiger partial charge in [-0.2, -0.15) is 0 Å². The topological polar surface area (TPSA) is 53.0 Å². The predicted octanol–water partition coefficient (Wildman–Crippen LogP) is 1.08. The van der Waals surface area contributed by atoms with E-state index in [9.17, 15) is 9.90 Å². The Morgan fingerprint density at radius 1 is 1.30 bits per heavy atom. The van der Waals surface area contributed by atoms with Gasteiger partial charge in [-0.05, 0) is 49.5 Å². The Balaban J connectivity index is 1.71. The van der Waals surface area contributed by atoms with E-state index in [1.165, 1.54) is 18.4 Å².